The molecular formula is C13H17Br2NO2. The van der Waals surface area contributed by atoms with Crippen LogP contribution in [0.25, 0.3) is 0 Å². The first-order valence-corrected chi connectivity index (χ1v) is 7.23. The topological polar surface area (TPSA) is 38.3 Å². The van der Waals surface area contributed by atoms with Crippen molar-refractivity contribution >= 4 is 37.8 Å². The Morgan fingerprint density at radius 2 is 1.94 bits per heavy atom. The lowest BCUT2D eigenvalue weighted by Gasteiger charge is -2.19. The first-order valence-electron chi connectivity index (χ1n) is 5.64. The van der Waals surface area contributed by atoms with Crippen LogP contribution >= 0.6 is 31.9 Å². The summed E-state index contributed by atoms with van der Waals surface area (Å²) in [5, 5.41) is 3.06. The van der Waals surface area contributed by atoms with Crippen LogP contribution in [-0.2, 0) is 16.1 Å². The Morgan fingerprint density at radius 1 is 1.28 bits per heavy atom. The average Bonchev–Trinajstić information content (AvgIpc) is 2.20. The van der Waals surface area contributed by atoms with Gasteiger partial charge in [0.2, 0.25) is 0 Å². The van der Waals surface area contributed by atoms with Gasteiger partial charge >= 0.3 is 5.97 Å². The van der Waals surface area contributed by atoms with Crippen molar-refractivity contribution in [3.63, 3.8) is 0 Å². The molecule has 0 unspecified atom stereocenters. The number of halogens is 2. The van der Waals surface area contributed by atoms with Crippen molar-refractivity contribution in [1.29, 1.82) is 0 Å². The average molecular weight is 379 g/mol. The lowest BCUT2D eigenvalue weighted by molar-refractivity contribution is -0.153. The highest BCUT2D eigenvalue weighted by Gasteiger charge is 2.15. The Labute approximate surface area is 125 Å². The zero-order chi connectivity index (χ0) is 13.8. The third-order valence-corrected chi connectivity index (χ3v) is 3.88. The zero-order valence-electron chi connectivity index (χ0n) is 10.7. The molecule has 0 radical (unpaired) electrons. The van der Waals surface area contributed by atoms with Crippen molar-refractivity contribution in [2.24, 2.45) is 0 Å². The van der Waals surface area contributed by atoms with Crippen LogP contribution in [0.3, 0.4) is 0 Å². The molecule has 0 aliphatic rings. The minimum Gasteiger partial charge on any atom is -0.459 e. The van der Waals surface area contributed by atoms with Gasteiger partial charge in [-0.15, -0.1) is 0 Å². The van der Waals surface area contributed by atoms with Gasteiger partial charge in [-0.3, -0.25) is 4.79 Å². The van der Waals surface area contributed by atoms with E-state index in [0.717, 1.165) is 14.5 Å². The Balaban J connectivity index is 2.38. The minimum atomic E-state index is -0.431. The molecule has 18 heavy (non-hydrogen) atoms. The fourth-order valence-corrected chi connectivity index (χ4v) is 2.01. The summed E-state index contributed by atoms with van der Waals surface area (Å²) >= 11 is 6.85. The summed E-state index contributed by atoms with van der Waals surface area (Å²) in [5.41, 5.74) is 0.674. The van der Waals surface area contributed by atoms with E-state index in [4.69, 9.17) is 4.74 Å². The molecule has 0 spiro atoms. The monoisotopic (exact) mass is 377 g/mol. The first kappa shape index (κ1) is 15.7. The SMILES string of the molecule is CC(C)(C)OC(=O)CNCc1ccc(Br)c(Br)c1. The van der Waals surface area contributed by atoms with Gasteiger partial charge in [0.05, 0.1) is 6.54 Å². The molecule has 5 heteroatoms. The summed E-state index contributed by atoms with van der Waals surface area (Å²) < 4.78 is 7.21. The largest absolute Gasteiger partial charge is 0.459 e. The number of carbonyl (C=O) groups is 1. The van der Waals surface area contributed by atoms with E-state index in [9.17, 15) is 4.79 Å². The fraction of sp³-hybridized carbons (Fsp3) is 0.462. The molecular weight excluding hydrogens is 362 g/mol. The standard InChI is InChI=1S/C13H17Br2NO2/c1-13(2,3)18-12(17)8-16-7-9-4-5-10(14)11(15)6-9/h4-6,16H,7-8H2,1-3H3. The van der Waals surface area contributed by atoms with Crippen LogP contribution in [-0.4, -0.2) is 18.1 Å². The molecule has 0 amide bonds. The molecule has 0 aliphatic heterocycles. The summed E-state index contributed by atoms with van der Waals surface area (Å²) in [6.07, 6.45) is 0. The van der Waals surface area contributed by atoms with Gasteiger partial charge in [-0.2, -0.15) is 0 Å². The number of esters is 1. The van der Waals surface area contributed by atoms with E-state index in [0.29, 0.717) is 6.54 Å². The molecule has 100 valence electrons. The van der Waals surface area contributed by atoms with E-state index >= 15 is 0 Å². The molecule has 0 saturated carbocycles. The summed E-state index contributed by atoms with van der Waals surface area (Å²) in [5.74, 6) is -0.237. The van der Waals surface area contributed by atoms with Gasteiger partial charge < -0.3 is 10.1 Å². The molecule has 3 nitrogen and oxygen atoms in total. The summed E-state index contributed by atoms with van der Waals surface area (Å²) in [4.78, 5) is 11.5. The summed E-state index contributed by atoms with van der Waals surface area (Å²) in [7, 11) is 0. The molecule has 1 aromatic rings. The van der Waals surface area contributed by atoms with Gasteiger partial charge in [-0.05, 0) is 70.3 Å². The van der Waals surface area contributed by atoms with Crippen LogP contribution in [0.2, 0.25) is 0 Å². The summed E-state index contributed by atoms with van der Waals surface area (Å²) in [6, 6.07) is 5.97. The second-order valence-corrected chi connectivity index (χ2v) is 6.65. The van der Waals surface area contributed by atoms with Crippen LogP contribution in [0.4, 0.5) is 0 Å². The normalized spacial score (nSPS) is 11.4. The maximum Gasteiger partial charge on any atom is 0.320 e. The van der Waals surface area contributed by atoms with Crippen LogP contribution in [0.15, 0.2) is 27.1 Å². The third kappa shape index (κ3) is 5.98. The van der Waals surface area contributed by atoms with Gasteiger partial charge in [0.1, 0.15) is 5.60 Å². The van der Waals surface area contributed by atoms with Crippen LogP contribution < -0.4 is 5.32 Å². The van der Waals surface area contributed by atoms with Gasteiger partial charge in [0.25, 0.3) is 0 Å². The van der Waals surface area contributed by atoms with E-state index in [1.807, 2.05) is 39.0 Å². The molecule has 0 saturated heterocycles. The lowest BCUT2D eigenvalue weighted by atomic mass is 10.2. The third-order valence-electron chi connectivity index (χ3n) is 2.00. The molecule has 1 N–H and O–H groups in total. The number of rotatable bonds is 4. The van der Waals surface area contributed by atoms with Gasteiger partial charge in [0, 0.05) is 15.5 Å². The van der Waals surface area contributed by atoms with Crippen LogP contribution in [0.5, 0.6) is 0 Å². The van der Waals surface area contributed by atoms with E-state index in [1.54, 1.807) is 0 Å². The maximum absolute atomic E-state index is 11.5. The first-order chi connectivity index (χ1) is 8.28. The molecule has 0 heterocycles. The molecule has 0 fully saturated rings. The predicted octanol–water partition coefficient (Wildman–Crippen LogP) is 3.64. The maximum atomic E-state index is 11.5. The van der Waals surface area contributed by atoms with E-state index in [2.05, 4.69) is 37.2 Å². The Morgan fingerprint density at radius 3 is 2.50 bits per heavy atom. The fourth-order valence-electron chi connectivity index (χ4n) is 1.34. The Hall–Kier alpha value is -0.390. The minimum absolute atomic E-state index is 0.213. The van der Waals surface area contributed by atoms with Crippen molar-refractivity contribution in [2.75, 3.05) is 6.54 Å². The highest BCUT2D eigenvalue weighted by Crippen LogP contribution is 2.23. The lowest BCUT2D eigenvalue weighted by Crippen LogP contribution is -2.31. The van der Waals surface area contributed by atoms with Crippen molar-refractivity contribution < 1.29 is 9.53 Å². The number of ether oxygens (including phenoxy) is 1. The van der Waals surface area contributed by atoms with Crippen molar-refractivity contribution in [3.8, 4) is 0 Å². The van der Waals surface area contributed by atoms with Crippen molar-refractivity contribution in [3.05, 3.63) is 32.7 Å². The van der Waals surface area contributed by atoms with Crippen molar-refractivity contribution in [1.82, 2.24) is 5.32 Å². The highest BCUT2D eigenvalue weighted by atomic mass is 79.9. The van der Waals surface area contributed by atoms with Crippen LogP contribution in [0.1, 0.15) is 26.3 Å². The molecule has 1 rings (SSSR count). The number of hydrogen-bond acceptors (Lipinski definition) is 3. The number of nitrogens with one attached hydrogen (secondary N) is 1. The second kappa shape index (κ2) is 6.68. The van der Waals surface area contributed by atoms with E-state index in [-0.39, 0.29) is 12.5 Å². The molecule has 0 aromatic heterocycles. The Bertz CT molecular complexity index is 427. The van der Waals surface area contributed by atoms with Gasteiger partial charge in [0.15, 0.2) is 0 Å². The van der Waals surface area contributed by atoms with Gasteiger partial charge in [-0.1, -0.05) is 6.07 Å². The number of benzene rings is 1. The van der Waals surface area contributed by atoms with E-state index < -0.39 is 5.60 Å². The molecule has 0 atom stereocenters. The van der Waals surface area contributed by atoms with Crippen molar-refractivity contribution in [2.45, 2.75) is 32.9 Å². The Kier molecular flexibility index (Phi) is 5.82. The van der Waals surface area contributed by atoms with Crippen LogP contribution in [0, 0.1) is 0 Å². The molecule has 1 aromatic carbocycles. The number of hydrogen-bond donors (Lipinski definition) is 1. The molecule has 0 bridgehead atoms. The summed E-state index contributed by atoms with van der Waals surface area (Å²) in [6.45, 7) is 6.42. The molecule has 0 aliphatic carbocycles. The quantitative estimate of drug-likeness (QED) is 0.812. The smallest absolute Gasteiger partial charge is 0.320 e. The predicted molar refractivity (Wildman–Crippen MR) is 79.4 cm³/mol. The zero-order valence-corrected chi connectivity index (χ0v) is 13.9. The van der Waals surface area contributed by atoms with Gasteiger partial charge in [-0.25, -0.2) is 0 Å². The second-order valence-electron chi connectivity index (χ2n) is 4.94. The van der Waals surface area contributed by atoms with E-state index in [1.165, 1.54) is 0 Å². The highest BCUT2D eigenvalue weighted by molar-refractivity contribution is 9.13. The number of carbonyl (C=O) groups excluding carboxylic acids is 1.